The number of hydrogen-bond donors (Lipinski definition) is 1. The van der Waals surface area contributed by atoms with Gasteiger partial charge in [0.2, 0.25) is 11.8 Å². The maximum Gasteiger partial charge on any atom is 0.220 e. The lowest BCUT2D eigenvalue weighted by Crippen LogP contribution is -2.07. The van der Waals surface area contributed by atoms with Gasteiger partial charge in [0, 0.05) is 5.56 Å². The molecule has 2 N–H and O–H groups in total. The van der Waals surface area contributed by atoms with Crippen LogP contribution < -0.4 is 15.2 Å². The molecule has 0 aliphatic carbocycles. The van der Waals surface area contributed by atoms with E-state index in [2.05, 4.69) is 9.97 Å². The lowest BCUT2D eigenvalue weighted by molar-refractivity contribution is 0.341. The summed E-state index contributed by atoms with van der Waals surface area (Å²) in [6.07, 6.45) is -1.78. The fourth-order valence-corrected chi connectivity index (χ4v) is 1.66. The fourth-order valence-electron chi connectivity index (χ4n) is 1.66. The van der Waals surface area contributed by atoms with Gasteiger partial charge in [-0.15, -0.1) is 0 Å². The number of aromatic nitrogens is 2. The van der Waals surface area contributed by atoms with Crippen LogP contribution in [-0.2, 0) is 0 Å². The Hall–Kier alpha value is -2.44. The van der Waals surface area contributed by atoms with Gasteiger partial charge in [-0.05, 0) is 6.07 Å². The van der Waals surface area contributed by atoms with Crippen LogP contribution in [0, 0.1) is 5.82 Å². The zero-order chi connectivity index (χ0) is 14.7. The number of nitrogens with zero attached hydrogens (tertiary/aromatic N) is 2. The highest BCUT2D eigenvalue weighted by Crippen LogP contribution is 2.31. The molecule has 1 aromatic heterocycles. The molecule has 0 aliphatic heterocycles. The number of hydrogen-bond acceptors (Lipinski definition) is 5. The molecule has 0 saturated heterocycles. The van der Waals surface area contributed by atoms with Crippen LogP contribution in [0.25, 0.3) is 0 Å². The predicted octanol–water partition coefficient (Wildman–Crippen LogP) is 2.27. The second kappa shape index (κ2) is 5.68. The van der Waals surface area contributed by atoms with Gasteiger partial charge in [-0.1, -0.05) is 12.1 Å². The Kier molecular flexibility index (Phi) is 3.97. The van der Waals surface area contributed by atoms with Gasteiger partial charge in [0.05, 0.1) is 26.0 Å². The summed E-state index contributed by atoms with van der Waals surface area (Å²) < 4.78 is 37.7. The van der Waals surface area contributed by atoms with Crippen LogP contribution in [0.2, 0.25) is 0 Å². The Labute approximate surface area is 114 Å². The van der Waals surface area contributed by atoms with Crippen LogP contribution in [0.5, 0.6) is 11.8 Å². The normalized spacial score (nSPS) is 12.0. The van der Waals surface area contributed by atoms with Crippen molar-refractivity contribution in [3.05, 3.63) is 41.5 Å². The molecule has 20 heavy (non-hydrogen) atoms. The summed E-state index contributed by atoms with van der Waals surface area (Å²) in [6.45, 7) is 0. The summed E-state index contributed by atoms with van der Waals surface area (Å²) in [6, 6.07) is 5.30. The number of nitrogens with two attached hydrogens (primary N) is 1. The standard InChI is InChI=1S/C13H13F2N3O2/c1-19-9-6-10(20-2)18-13(17-9)11(15)7-4-3-5-8(14)12(7)16/h3-6,11H,16H2,1-2H3. The van der Waals surface area contributed by atoms with Crippen LogP contribution in [0.15, 0.2) is 24.3 Å². The van der Waals surface area contributed by atoms with E-state index in [9.17, 15) is 8.78 Å². The van der Waals surface area contributed by atoms with Gasteiger partial charge >= 0.3 is 0 Å². The topological polar surface area (TPSA) is 70.3 Å². The van der Waals surface area contributed by atoms with Gasteiger partial charge < -0.3 is 15.2 Å². The minimum absolute atomic E-state index is 0.0414. The number of benzene rings is 1. The van der Waals surface area contributed by atoms with Crippen molar-refractivity contribution in [2.24, 2.45) is 0 Å². The molecule has 2 rings (SSSR count). The van der Waals surface area contributed by atoms with Gasteiger partial charge in [0.25, 0.3) is 0 Å². The molecule has 1 atom stereocenters. The van der Waals surface area contributed by atoms with Crippen LogP contribution in [0.1, 0.15) is 17.6 Å². The highest BCUT2D eigenvalue weighted by molar-refractivity contribution is 5.50. The number of para-hydroxylation sites is 1. The molecule has 5 nitrogen and oxygen atoms in total. The third-order valence-corrected chi connectivity index (χ3v) is 2.70. The van der Waals surface area contributed by atoms with E-state index in [0.29, 0.717) is 0 Å². The van der Waals surface area contributed by atoms with E-state index in [1.54, 1.807) is 0 Å². The minimum Gasteiger partial charge on any atom is -0.481 e. The first-order valence-electron chi connectivity index (χ1n) is 5.71. The zero-order valence-electron chi connectivity index (χ0n) is 10.9. The molecule has 0 fully saturated rings. The largest absolute Gasteiger partial charge is 0.481 e. The quantitative estimate of drug-likeness (QED) is 0.870. The number of alkyl halides is 1. The summed E-state index contributed by atoms with van der Waals surface area (Å²) in [4.78, 5) is 7.76. The maximum absolute atomic E-state index is 14.5. The van der Waals surface area contributed by atoms with Crippen molar-refractivity contribution >= 4 is 5.69 Å². The predicted molar refractivity (Wildman–Crippen MR) is 68.9 cm³/mol. The summed E-state index contributed by atoms with van der Waals surface area (Å²) in [5.41, 5.74) is 5.21. The summed E-state index contributed by atoms with van der Waals surface area (Å²) in [7, 11) is 2.77. The lowest BCUT2D eigenvalue weighted by atomic mass is 10.1. The average molecular weight is 281 g/mol. The van der Waals surface area contributed by atoms with Gasteiger partial charge in [0.1, 0.15) is 5.82 Å². The van der Waals surface area contributed by atoms with E-state index in [1.807, 2.05) is 0 Å². The fraction of sp³-hybridized carbons (Fsp3) is 0.231. The summed E-state index contributed by atoms with van der Waals surface area (Å²) in [5, 5.41) is 0. The van der Waals surface area contributed by atoms with Crippen molar-refractivity contribution in [3.63, 3.8) is 0 Å². The molecular weight excluding hydrogens is 268 g/mol. The van der Waals surface area contributed by atoms with Gasteiger partial charge in [-0.3, -0.25) is 0 Å². The molecule has 0 saturated carbocycles. The molecule has 106 valence electrons. The number of rotatable bonds is 4. The van der Waals surface area contributed by atoms with Crippen molar-refractivity contribution in [2.45, 2.75) is 6.17 Å². The van der Waals surface area contributed by atoms with Crippen molar-refractivity contribution < 1.29 is 18.3 Å². The zero-order valence-corrected chi connectivity index (χ0v) is 10.9. The van der Waals surface area contributed by atoms with Crippen LogP contribution in [0.4, 0.5) is 14.5 Å². The molecule has 0 bridgehead atoms. The Balaban J connectivity index is 2.47. The van der Waals surface area contributed by atoms with Crippen molar-refractivity contribution in [1.29, 1.82) is 0 Å². The monoisotopic (exact) mass is 281 g/mol. The van der Waals surface area contributed by atoms with Gasteiger partial charge in [-0.2, -0.15) is 9.97 Å². The third-order valence-electron chi connectivity index (χ3n) is 2.70. The lowest BCUT2D eigenvalue weighted by Gasteiger charge is -2.12. The van der Waals surface area contributed by atoms with Crippen molar-refractivity contribution in [1.82, 2.24) is 9.97 Å². The molecular formula is C13H13F2N3O2. The molecule has 7 heteroatoms. The molecule has 0 aliphatic rings. The number of anilines is 1. The first-order valence-corrected chi connectivity index (χ1v) is 5.71. The molecule has 2 aromatic rings. The molecule has 0 spiro atoms. The van der Waals surface area contributed by atoms with Crippen LogP contribution in [0.3, 0.4) is 0 Å². The molecule has 1 unspecified atom stereocenters. The van der Waals surface area contributed by atoms with E-state index in [1.165, 1.54) is 32.4 Å². The highest BCUT2D eigenvalue weighted by Gasteiger charge is 2.22. The van der Waals surface area contributed by atoms with E-state index < -0.39 is 12.0 Å². The Morgan fingerprint density at radius 1 is 1.15 bits per heavy atom. The number of methoxy groups -OCH3 is 2. The number of nitrogen functional groups attached to an aromatic ring is 1. The molecule has 1 aromatic carbocycles. The molecule has 1 heterocycles. The van der Waals surface area contributed by atoms with E-state index >= 15 is 0 Å². The summed E-state index contributed by atoms with van der Waals surface area (Å²) >= 11 is 0. The van der Waals surface area contributed by atoms with Gasteiger partial charge in [-0.25, -0.2) is 8.78 Å². The van der Waals surface area contributed by atoms with E-state index in [-0.39, 0.29) is 28.8 Å². The number of ether oxygens (including phenoxy) is 2. The van der Waals surface area contributed by atoms with Crippen LogP contribution >= 0.6 is 0 Å². The second-order valence-electron chi connectivity index (χ2n) is 3.92. The first kappa shape index (κ1) is 14.0. The van der Waals surface area contributed by atoms with E-state index in [0.717, 1.165) is 6.07 Å². The summed E-state index contributed by atoms with van der Waals surface area (Å²) in [5.74, 6) is -0.618. The third kappa shape index (κ3) is 2.61. The molecule has 0 amide bonds. The Morgan fingerprint density at radius 3 is 2.30 bits per heavy atom. The van der Waals surface area contributed by atoms with Gasteiger partial charge in [0.15, 0.2) is 12.0 Å². The highest BCUT2D eigenvalue weighted by atomic mass is 19.1. The first-order chi connectivity index (χ1) is 9.56. The van der Waals surface area contributed by atoms with Crippen molar-refractivity contribution in [3.8, 4) is 11.8 Å². The second-order valence-corrected chi connectivity index (χ2v) is 3.92. The minimum atomic E-state index is -1.78. The number of halogens is 2. The Bertz CT molecular complexity index is 600. The average Bonchev–Trinajstić information content (AvgIpc) is 2.48. The Morgan fingerprint density at radius 2 is 1.75 bits per heavy atom. The van der Waals surface area contributed by atoms with Crippen molar-refractivity contribution in [2.75, 3.05) is 20.0 Å². The molecule has 0 radical (unpaired) electrons. The smallest absolute Gasteiger partial charge is 0.220 e. The SMILES string of the molecule is COc1cc(OC)nc(C(F)c2cccc(F)c2N)n1. The van der Waals surface area contributed by atoms with Crippen LogP contribution in [-0.4, -0.2) is 24.2 Å². The van der Waals surface area contributed by atoms with E-state index in [4.69, 9.17) is 15.2 Å². The maximum atomic E-state index is 14.5.